The van der Waals surface area contributed by atoms with Crippen LogP contribution in [-0.2, 0) is 0 Å². The zero-order chi connectivity index (χ0) is 13.0. The fourth-order valence-electron chi connectivity index (χ4n) is 1.47. The summed E-state index contributed by atoms with van der Waals surface area (Å²) >= 11 is 2.63. The molecule has 0 aromatic carbocycles. The van der Waals surface area contributed by atoms with Crippen LogP contribution in [-0.4, -0.2) is 27.1 Å². The zero-order valence-corrected chi connectivity index (χ0v) is 11.4. The summed E-state index contributed by atoms with van der Waals surface area (Å²) in [7, 11) is 0. The van der Waals surface area contributed by atoms with Crippen molar-refractivity contribution in [2.75, 3.05) is 6.54 Å². The molecule has 0 saturated carbocycles. The Labute approximate surface area is 113 Å². The quantitative estimate of drug-likeness (QED) is 0.877. The van der Waals surface area contributed by atoms with E-state index in [0.717, 1.165) is 17.1 Å². The van der Waals surface area contributed by atoms with Gasteiger partial charge in [0, 0.05) is 6.54 Å². The topological polar surface area (TPSA) is 75.1 Å². The molecule has 0 aliphatic heterocycles. The summed E-state index contributed by atoms with van der Waals surface area (Å²) in [4.78, 5) is 12.3. The summed E-state index contributed by atoms with van der Waals surface area (Å²) in [6.07, 6.45) is -0.0365. The molecule has 5 nitrogen and oxygen atoms in total. The van der Waals surface area contributed by atoms with E-state index >= 15 is 0 Å². The molecule has 1 amide bonds. The van der Waals surface area contributed by atoms with E-state index in [9.17, 15) is 9.90 Å². The van der Waals surface area contributed by atoms with Crippen LogP contribution in [0.1, 0.15) is 33.5 Å². The van der Waals surface area contributed by atoms with Crippen molar-refractivity contribution >= 4 is 28.8 Å². The molecular formula is C11H13N3O2S2. The van der Waals surface area contributed by atoms with Crippen molar-refractivity contribution in [1.82, 2.24) is 14.9 Å². The van der Waals surface area contributed by atoms with Gasteiger partial charge >= 0.3 is 0 Å². The summed E-state index contributed by atoms with van der Waals surface area (Å²) in [6.45, 7) is 2.17. The minimum atomic E-state index is -0.530. The lowest BCUT2D eigenvalue weighted by atomic mass is 10.1. The van der Waals surface area contributed by atoms with Gasteiger partial charge in [0.15, 0.2) is 0 Å². The van der Waals surface area contributed by atoms with Crippen molar-refractivity contribution in [1.29, 1.82) is 0 Å². The monoisotopic (exact) mass is 283 g/mol. The normalized spacial score (nSPS) is 12.3. The first-order valence-corrected chi connectivity index (χ1v) is 7.17. The lowest BCUT2D eigenvalue weighted by Crippen LogP contribution is -2.25. The number of aliphatic hydroxyl groups is 1. The van der Waals surface area contributed by atoms with Crippen LogP contribution in [0, 0.1) is 6.92 Å². The number of thiophene rings is 1. The van der Waals surface area contributed by atoms with Gasteiger partial charge in [0.25, 0.3) is 5.91 Å². The summed E-state index contributed by atoms with van der Waals surface area (Å²) in [5.74, 6) is -0.181. The maximum absolute atomic E-state index is 11.7. The first-order valence-electron chi connectivity index (χ1n) is 5.46. The Kier molecular flexibility index (Phi) is 4.40. The predicted molar refractivity (Wildman–Crippen MR) is 70.9 cm³/mol. The van der Waals surface area contributed by atoms with Crippen molar-refractivity contribution in [2.24, 2.45) is 0 Å². The molecule has 1 atom stereocenters. The molecule has 0 bridgehead atoms. The van der Waals surface area contributed by atoms with Crippen molar-refractivity contribution in [3.63, 3.8) is 0 Å². The highest BCUT2D eigenvalue weighted by molar-refractivity contribution is 7.08. The van der Waals surface area contributed by atoms with Gasteiger partial charge in [-0.3, -0.25) is 4.79 Å². The Morgan fingerprint density at radius 2 is 2.44 bits per heavy atom. The van der Waals surface area contributed by atoms with E-state index in [1.165, 1.54) is 0 Å². The Morgan fingerprint density at radius 3 is 3.06 bits per heavy atom. The number of carbonyl (C=O) groups is 1. The predicted octanol–water partition coefficient (Wildman–Crippen LogP) is 1.76. The molecule has 2 N–H and O–H groups in total. The van der Waals surface area contributed by atoms with Crippen molar-refractivity contribution in [3.8, 4) is 0 Å². The van der Waals surface area contributed by atoms with Crippen LogP contribution in [0.5, 0.6) is 0 Å². The van der Waals surface area contributed by atoms with Crippen molar-refractivity contribution < 1.29 is 9.90 Å². The van der Waals surface area contributed by atoms with E-state index in [1.807, 2.05) is 16.8 Å². The van der Waals surface area contributed by atoms with Gasteiger partial charge in [-0.05, 0) is 47.3 Å². The number of carbonyl (C=O) groups excluding carboxylic acids is 1. The molecule has 0 aliphatic rings. The number of nitrogens with zero attached hydrogens (tertiary/aromatic N) is 2. The zero-order valence-electron chi connectivity index (χ0n) is 9.79. The number of amides is 1. The number of aliphatic hydroxyl groups excluding tert-OH is 1. The minimum absolute atomic E-state index is 0.181. The van der Waals surface area contributed by atoms with Crippen LogP contribution in [0.15, 0.2) is 16.8 Å². The smallest absolute Gasteiger partial charge is 0.264 e. The molecule has 2 aromatic rings. The molecule has 0 aliphatic carbocycles. The van der Waals surface area contributed by atoms with Crippen LogP contribution in [0.2, 0.25) is 0 Å². The lowest BCUT2D eigenvalue weighted by molar-refractivity contribution is 0.0946. The van der Waals surface area contributed by atoms with Gasteiger partial charge in [0.2, 0.25) is 0 Å². The molecule has 0 fully saturated rings. The summed E-state index contributed by atoms with van der Waals surface area (Å²) in [6, 6.07) is 1.88. The van der Waals surface area contributed by atoms with Gasteiger partial charge in [0.05, 0.1) is 11.8 Å². The highest BCUT2D eigenvalue weighted by atomic mass is 32.1. The molecule has 2 aromatic heterocycles. The van der Waals surface area contributed by atoms with Gasteiger partial charge in [0.1, 0.15) is 4.88 Å². The van der Waals surface area contributed by atoms with Gasteiger partial charge in [-0.2, -0.15) is 11.3 Å². The molecule has 0 unspecified atom stereocenters. The van der Waals surface area contributed by atoms with E-state index < -0.39 is 6.10 Å². The third kappa shape index (κ3) is 3.12. The maximum Gasteiger partial charge on any atom is 0.264 e. The molecule has 18 heavy (non-hydrogen) atoms. The van der Waals surface area contributed by atoms with Gasteiger partial charge in [-0.25, -0.2) is 0 Å². The largest absolute Gasteiger partial charge is 0.388 e. The fraction of sp³-hybridized carbons (Fsp3) is 0.364. The van der Waals surface area contributed by atoms with Crippen LogP contribution in [0.3, 0.4) is 0 Å². The SMILES string of the molecule is Cc1nnsc1C(=O)NCC[C@@H](O)c1ccsc1. The second-order valence-corrected chi connectivity index (χ2v) is 5.34. The average molecular weight is 283 g/mol. The van der Waals surface area contributed by atoms with Crippen LogP contribution >= 0.6 is 22.9 Å². The molecule has 96 valence electrons. The van der Waals surface area contributed by atoms with Gasteiger partial charge in [-0.15, -0.1) is 5.10 Å². The molecule has 0 spiro atoms. The average Bonchev–Trinajstić information content (AvgIpc) is 2.99. The Bertz CT molecular complexity index is 510. The molecule has 2 heterocycles. The second kappa shape index (κ2) is 6.03. The van der Waals surface area contributed by atoms with Gasteiger partial charge < -0.3 is 10.4 Å². The highest BCUT2D eigenvalue weighted by Crippen LogP contribution is 2.18. The van der Waals surface area contributed by atoms with Crippen molar-refractivity contribution in [3.05, 3.63) is 33.0 Å². The Morgan fingerprint density at radius 1 is 1.61 bits per heavy atom. The van der Waals surface area contributed by atoms with Crippen LogP contribution in [0.4, 0.5) is 0 Å². The van der Waals surface area contributed by atoms with Crippen molar-refractivity contribution in [2.45, 2.75) is 19.4 Å². The summed E-state index contributed by atoms with van der Waals surface area (Å²) in [5, 5.41) is 20.2. The molecule has 0 saturated heterocycles. The van der Waals surface area contributed by atoms with Crippen LogP contribution < -0.4 is 5.32 Å². The molecule has 2 rings (SSSR count). The number of rotatable bonds is 5. The standard InChI is InChI=1S/C11H13N3O2S2/c1-7-10(18-14-13-7)11(16)12-4-2-9(15)8-3-5-17-6-8/h3,5-6,9,15H,2,4H2,1H3,(H,12,16)/t9-/m1/s1. The Balaban J connectivity index is 1.79. The van der Waals surface area contributed by atoms with E-state index in [2.05, 4.69) is 14.9 Å². The Hall–Kier alpha value is -1.31. The number of hydrogen-bond acceptors (Lipinski definition) is 6. The molecular weight excluding hydrogens is 270 g/mol. The van der Waals surface area contributed by atoms with Crippen LogP contribution in [0.25, 0.3) is 0 Å². The first-order chi connectivity index (χ1) is 8.68. The minimum Gasteiger partial charge on any atom is -0.388 e. The maximum atomic E-state index is 11.7. The highest BCUT2D eigenvalue weighted by Gasteiger charge is 2.13. The third-order valence-electron chi connectivity index (χ3n) is 2.49. The number of nitrogens with one attached hydrogen (secondary N) is 1. The molecule has 7 heteroatoms. The lowest BCUT2D eigenvalue weighted by Gasteiger charge is -2.09. The fourth-order valence-corrected chi connectivity index (χ4v) is 2.75. The summed E-state index contributed by atoms with van der Waals surface area (Å²) < 4.78 is 3.71. The second-order valence-electron chi connectivity index (χ2n) is 3.80. The van der Waals surface area contributed by atoms with E-state index in [-0.39, 0.29) is 5.91 Å². The van der Waals surface area contributed by atoms with E-state index in [1.54, 1.807) is 18.3 Å². The molecule has 0 radical (unpaired) electrons. The number of aryl methyl sites for hydroxylation is 1. The number of aromatic nitrogens is 2. The number of hydrogen-bond donors (Lipinski definition) is 2. The first kappa shape index (κ1) is 13.1. The third-order valence-corrected chi connectivity index (χ3v) is 4.02. The van der Waals surface area contributed by atoms with E-state index in [0.29, 0.717) is 23.5 Å². The van der Waals surface area contributed by atoms with Gasteiger partial charge in [-0.1, -0.05) is 4.49 Å². The summed E-state index contributed by atoms with van der Waals surface area (Å²) in [5.41, 5.74) is 1.53. The van der Waals surface area contributed by atoms with E-state index in [4.69, 9.17) is 0 Å².